The number of rotatable bonds is 6. The second-order valence-corrected chi connectivity index (χ2v) is 9.04. The highest BCUT2D eigenvalue weighted by Gasteiger charge is 2.53. The summed E-state index contributed by atoms with van der Waals surface area (Å²) in [6, 6.07) is -1.33. The lowest BCUT2D eigenvalue weighted by Gasteiger charge is -2.48. The lowest BCUT2D eigenvalue weighted by Crippen LogP contribution is -2.68. The fourth-order valence-corrected chi connectivity index (χ4v) is 4.33. The van der Waals surface area contributed by atoms with Crippen LogP contribution in [0.1, 0.15) is 20.8 Å². The van der Waals surface area contributed by atoms with Gasteiger partial charge < -0.3 is 69.9 Å². The van der Waals surface area contributed by atoms with Crippen LogP contribution in [-0.4, -0.2) is 145 Å². The van der Waals surface area contributed by atoms with Gasteiger partial charge in [-0.2, -0.15) is 0 Å². The van der Waals surface area contributed by atoms with Crippen LogP contribution in [-0.2, 0) is 28.5 Å². The molecule has 3 aliphatic rings. The smallest absolute Gasteiger partial charge is 0.217 e. The third-order valence-electron chi connectivity index (χ3n) is 6.42. The van der Waals surface area contributed by atoms with Crippen LogP contribution < -0.4 is 5.32 Å². The number of carbonyl (C=O) groups excluding carboxylic acids is 1. The average Bonchev–Trinajstić information content (AvgIpc) is 2.80. The molecule has 3 heterocycles. The van der Waals surface area contributed by atoms with E-state index in [2.05, 4.69) is 5.32 Å². The molecule has 0 aromatic rings. The van der Waals surface area contributed by atoms with Crippen molar-refractivity contribution in [3.63, 3.8) is 0 Å². The second kappa shape index (κ2) is 11.6. The molecule has 3 rings (SSSR count). The Morgan fingerprint density at radius 2 is 1.29 bits per heavy atom. The summed E-state index contributed by atoms with van der Waals surface area (Å²) in [5.41, 5.74) is 0. The van der Waals surface area contributed by atoms with Crippen LogP contribution in [0.25, 0.3) is 0 Å². The summed E-state index contributed by atoms with van der Waals surface area (Å²) in [6.45, 7) is 3.30. The summed E-state index contributed by atoms with van der Waals surface area (Å²) in [6.07, 6.45) is -20.7. The zero-order chi connectivity index (χ0) is 26.2. The highest BCUT2D eigenvalue weighted by atomic mass is 16.8. The van der Waals surface area contributed by atoms with Gasteiger partial charge >= 0.3 is 0 Å². The van der Waals surface area contributed by atoms with E-state index in [0.717, 1.165) is 6.92 Å². The molecular weight excluding hydrogens is 478 g/mol. The molecule has 1 amide bonds. The Kier molecular flexibility index (Phi) is 9.42. The van der Waals surface area contributed by atoms with E-state index in [9.17, 15) is 45.6 Å². The first-order valence-corrected chi connectivity index (χ1v) is 11.3. The number of amides is 1. The fraction of sp³-hybridized carbons (Fsp3) is 0.950. The van der Waals surface area contributed by atoms with Crippen molar-refractivity contribution in [3.8, 4) is 0 Å². The van der Waals surface area contributed by atoms with Crippen molar-refractivity contribution in [3.05, 3.63) is 0 Å². The van der Waals surface area contributed by atoms with E-state index in [1.54, 1.807) is 0 Å². The molecule has 0 bridgehead atoms. The van der Waals surface area contributed by atoms with Gasteiger partial charge in [-0.15, -0.1) is 0 Å². The van der Waals surface area contributed by atoms with Gasteiger partial charge in [-0.1, -0.05) is 0 Å². The van der Waals surface area contributed by atoms with Gasteiger partial charge in [-0.05, 0) is 13.8 Å². The molecule has 35 heavy (non-hydrogen) atoms. The highest BCUT2D eigenvalue weighted by molar-refractivity contribution is 5.73. The first kappa shape index (κ1) is 28.5. The number of aliphatic hydroxyl groups excluding tert-OH is 8. The summed E-state index contributed by atoms with van der Waals surface area (Å²) in [5, 5.41) is 84.2. The topological polar surface area (TPSA) is 237 Å². The Balaban J connectivity index is 1.86. The predicted molar refractivity (Wildman–Crippen MR) is 110 cm³/mol. The van der Waals surface area contributed by atoms with E-state index in [1.807, 2.05) is 0 Å². The van der Waals surface area contributed by atoms with Crippen LogP contribution in [0.4, 0.5) is 0 Å². The van der Waals surface area contributed by atoms with E-state index in [0.29, 0.717) is 0 Å². The Labute approximate surface area is 200 Å². The lowest BCUT2D eigenvalue weighted by atomic mass is 9.95. The highest BCUT2D eigenvalue weighted by Crippen LogP contribution is 2.32. The first-order chi connectivity index (χ1) is 16.4. The summed E-state index contributed by atoms with van der Waals surface area (Å²) in [4.78, 5) is 11.7. The van der Waals surface area contributed by atoms with Gasteiger partial charge in [-0.3, -0.25) is 4.79 Å². The van der Waals surface area contributed by atoms with E-state index in [1.165, 1.54) is 13.8 Å². The van der Waals surface area contributed by atoms with Gasteiger partial charge in [0, 0.05) is 6.92 Å². The van der Waals surface area contributed by atoms with Crippen LogP contribution in [0.15, 0.2) is 0 Å². The van der Waals surface area contributed by atoms with Gasteiger partial charge in [0.2, 0.25) is 5.91 Å². The average molecular weight is 513 g/mol. The monoisotopic (exact) mass is 513 g/mol. The van der Waals surface area contributed by atoms with Crippen LogP contribution in [0, 0.1) is 0 Å². The van der Waals surface area contributed by atoms with Crippen molar-refractivity contribution in [2.24, 2.45) is 0 Å². The minimum absolute atomic E-state index is 0.595. The molecule has 15 heteroatoms. The largest absolute Gasteiger partial charge is 0.394 e. The molecule has 15 nitrogen and oxygen atoms in total. The second-order valence-electron chi connectivity index (χ2n) is 9.04. The van der Waals surface area contributed by atoms with Gasteiger partial charge in [-0.25, -0.2) is 0 Å². The minimum Gasteiger partial charge on any atom is -0.394 e. The molecular formula is C20H35NO14. The summed E-state index contributed by atoms with van der Waals surface area (Å²) in [7, 11) is 0. The van der Waals surface area contributed by atoms with Crippen LogP contribution in [0.3, 0.4) is 0 Å². The van der Waals surface area contributed by atoms with Crippen LogP contribution in [0.5, 0.6) is 0 Å². The Morgan fingerprint density at radius 1 is 0.743 bits per heavy atom. The Morgan fingerprint density at radius 3 is 1.86 bits per heavy atom. The number of aliphatic hydroxyl groups is 8. The molecule has 0 spiro atoms. The number of nitrogens with one attached hydrogen (secondary N) is 1. The molecule has 0 aromatic heterocycles. The molecule has 3 saturated heterocycles. The number of hydrogen-bond donors (Lipinski definition) is 9. The molecule has 0 radical (unpaired) electrons. The van der Waals surface area contributed by atoms with Crippen LogP contribution >= 0.6 is 0 Å². The van der Waals surface area contributed by atoms with Crippen molar-refractivity contribution in [1.29, 1.82) is 0 Å². The van der Waals surface area contributed by atoms with E-state index in [4.69, 9.17) is 23.7 Å². The van der Waals surface area contributed by atoms with Crippen LogP contribution in [0.2, 0.25) is 0 Å². The molecule has 15 atom stereocenters. The first-order valence-electron chi connectivity index (χ1n) is 11.3. The molecule has 3 aliphatic heterocycles. The maximum Gasteiger partial charge on any atom is 0.217 e. The summed E-state index contributed by atoms with van der Waals surface area (Å²) in [5.74, 6) is -0.595. The van der Waals surface area contributed by atoms with E-state index >= 15 is 0 Å². The minimum atomic E-state index is -1.74. The summed E-state index contributed by atoms with van der Waals surface area (Å²) < 4.78 is 27.6. The van der Waals surface area contributed by atoms with Crippen molar-refractivity contribution in [1.82, 2.24) is 5.32 Å². The van der Waals surface area contributed by atoms with Gasteiger partial charge in [0.1, 0.15) is 61.0 Å². The predicted octanol–water partition coefficient (Wildman–Crippen LogP) is -5.37. The third kappa shape index (κ3) is 5.93. The number of hydrogen-bond acceptors (Lipinski definition) is 14. The van der Waals surface area contributed by atoms with E-state index < -0.39 is 105 Å². The zero-order valence-electron chi connectivity index (χ0n) is 19.4. The number of carbonyl (C=O) groups is 1. The maximum atomic E-state index is 11.7. The van der Waals surface area contributed by atoms with Crippen molar-refractivity contribution < 1.29 is 69.3 Å². The van der Waals surface area contributed by atoms with Crippen molar-refractivity contribution in [2.75, 3.05) is 6.61 Å². The molecule has 0 saturated carbocycles. The Hall–Kier alpha value is -1.05. The van der Waals surface area contributed by atoms with E-state index in [-0.39, 0.29) is 0 Å². The molecule has 0 aromatic carbocycles. The molecule has 3 fully saturated rings. The van der Waals surface area contributed by atoms with Crippen molar-refractivity contribution in [2.45, 2.75) is 113 Å². The standard InChI is InChI=1S/C20H35NO14/c1-5-10(24)13(27)15(29)19(31-5)35-17-14(28)11(25)6(2)32-20(17)34-16-9(21-7(3)23)18(30)33-8(4-22)12(16)26/h5-6,8-20,22,24-30H,4H2,1-3H3,(H,21,23)/t5-,6+,8+,9+,10+,11-,12+,13+,14-,15-,16+,17+,18+,19-,20-/m0/s1. The molecule has 204 valence electrons. The molecule has 0 unspecified atom stereocenters. The van der Waals surface area contributed by atoms with Gasteiger partial charge in [0.25, 0.3) is 0 Å². The van der Waals surface area contributed by atoms with Crippen molar-refractivity contribution >= 4 is 5.91 Å². The normalized spacial score (nSPS) is 51.1. The van der Waals surface area contributed by atoms with Gasteiger partial charge in [0.05, 0.1) is 18.8 Å². The summed E-state index contributed by atoms with van der Waals surface area (Å²) >= 11 is 0. The Bertz CT molecular complexity index is 715. The molecule has 9 N–H and O–H groups in total. The number of ether oxygens (including phenoxy) is 5. The maximum absolute atomic E-state index is 11.7. The quantitative estimate of drug-likeness (QED) is 0.161. The fourth-order valence-electron chi connectivity index (χ4n) is 4.33. The van der Waals surface area contributed by atoms with Gasteiger partial charge in [0.15, 0.2) is 18.9 Å². The SMILES string of the molecule is CC(=O)N[C@@H]1[C@@H](O[C@@H]2O[C@H](C)[C@H](O)[C@H](O)[C@H]2O[C@@H]2O[C@@H](C)[C@@H](O)[C@@H](O)[C@@H]2O)[C@H](O)[C@@H](CO)O[C@H]1O. The molecule has 0 aliphatic carbocycles. The lowest BCUT2D eigenvalue weighted by molar-refractivity contribution is -0.377. The zero-order valence-corrected chi connectivity index (χ0v) is 19.4. The third-order valence-corrected chi connectivity index (χ3v) is 6.42.